The average Bonchev–Trinajstić information content (AvgIpc) is 2.57. The average molecular weight is 328 g/mol. The number of carbonyl (C=O) groups excluding carboxylic acids is 2. The van der Waals surface area contributed by atoms with Gasteiger partial charge in [-0.15, -0.1) is 0 Å². The number of esters is 2. The van der Waals surface area contributed by atoms with Crippen LogP contribution in [0.4, 0.5) is 0 Å². The van der Waals surface area contributed by atoms with Crippen LogP contribution in [-0.4, -0.2) is 25.2 Å². The van der Waals surface area contributed by atoms with E-state index in [9.17, 15) is 9.59 Å². The molecule has 23 heavy (non-hydrogen) atoms. The molecule has 0 spiro atoms. The Labute approximate surface area is 142 Å². The molecule has 0 aromatic rings. The molecule has 0 bridgehead atoms. The third-order valence-electron chi connectivity index (χ3n) is 4.25. The van der Waals surface area contributed by atoms with Crippen LogP contribution in [0.1, 0.15) is 85.5 Å². The predicted molar refractivity (Wildman–Crippen MR) is 93.1 cm³/mol. The highest BCUT2D eigenvalue weighted by molar-refractivity contribution is 5.69. The van der Waals surface area contributed by atoms with Crippen LogP contribution < -0.4 is 0 Å². The molecule has 0 aliphatic carbocycles. The van der Waals surface area contributed by atoms with E-state index in [4.69, 9.17) is 9.47 Å². The second-order valence-electron chi connectivity index (χ2n) is 6.36. The summed E-state index contributed by atoms with van der Waals surface area (Å²) in [6, 6.07) is 0. The quantitative estimate of drug-likeness (QED) is 0.426. The van der Waals surface area contributed by atoms with Crippen molar-refractivity contribution in [3.63, 3.8) is 0 Å². The van der Waals surface area contributed by atoms with E-state index in [0.29, 0.717) is 37.9 Å². The number of hydrogen-bond acceptors (Lipinski definition) is 4. The maximum atomic E-state index is 11.6. The number of carbonyl (C=O) groups is 2. The Morgan fingerprint density at radius 1 is 0.739 bits per heavy atom. The number of ether oxygens (including phenoxy) is 2. The molecule has 0 rings (SSSR count). The van der Waals surface area contributed by atoms with Crippen LogP contribution in [0.15, 0.2) is 0 Å². The van der Waals surface area contributed by atoms with Crippen LogP contribution in [0.5, 0.6) is 0 Å². The molecule has 136 valence electrons. The highest BCUT2D eigenvalue weighted by Crippen LogP contribution is 2.20. The SMILES string of the molecule is CCCCC(=O)OCC(CC)CC(CC)COC(=O)CCCC. The van der Waals surface area contributed by atoms with Crippen molar-refractivity contribution in [2.45, 2.75) is 85.5 Å². The van der Waals surface area contributed by atoms with Crippen molar-refractivity contribution in [2.75, 3.05) is 13.2 Å². The van der Waals surface area contributed by atoms with Crippen molar-refractivity contribution >= 4 is 11.9 Å². The molecule has 0 fully saturated rings. The van der Waals surface area contributed by atoms with Gasteiger partial charge in [0.05, 0.1) is 13.2 Å². The van der Waals surface area contributed by atoms with Crippen molar-refractivity contribution in [3.05, 3.63) is 0 Å². The molecule has 0 amide bonds. The van der Waals surface area contributed by atoms with Crippen LogP contribution in [0.3, 0.4) is 0 Å². The Morgan fingerprint density at radius 3 is 1.43 bits per heavy atom. The van der Waals surface area contributed by atoms with E-state index in [2.05, 4.69) is 27.7 Å². The van der Waals surface area contributed by atoms with Crippen molar-refractivity contribution in [1.29, 1.82) is 0 Å². The topological polar surface area (TPSA) is 52.6 Å². The van der Waals surface area contributed by atoms with Gasteiger partial charge in [-0.2, -0.15) is 0 Å². The number of hydrogen-bond donors (Lipinski definition) is 0. The van der Waals surface area contributed by atoms with Gasteiger partial charge in [-0.25, -0.2) is 0 Å². The molecule has 4 nitrogen and oxygen atoms in total. The van der Waals surface area contributed by atoms with Gasteiger partial charge in [-0.3, -0.25) is 9.59 Å². The van der Waals surface area contributed by atoms with Gasteiger partial charge in [0.25, 0.3) is 0 Å². The van der Waals surface area contributed by atoms with E-state index in [0.717, 1.165) is 44.9 Å². The molecule has 0 saturated heterocycles. The van der Waals surface area contributed by atoms with E-state index in [1.165, 1.54) is 0 Å². The Bertz CT molecular complexity index is 284. The van der Waals surface area contributed by atoms with Crippen molar-refractivity contribution < 1.29 is 19.1 Å². The summed E-state index contributed by atoms with van der Waals surface area (Å²) in [6.07, 6.45) is 7.71. The van der Waals surface area contributed by atoms with Gasteiger partial charge < -0.3 is 9.47 Å². The molecule has 2 unspecified atom stereocenters. The lowest BCUT2D eigenvalue weighted by molar-refractivity contribution is -0.145. The first kappa shape index (κ1) is 21.9. The minimum atomic E-state index is -0.0932. The summed E-state index contributed by atoms with van der Waals surface area (Å²) in [6.45, 7) is 9.33. The fourth-order valence-electron chi connectivity index (χ4n) is 2.38. The molecule has 0 aliphatic heterocycles. The molecular formula is C19H36O4. The lowest BCUT2D eigenvalue weighted by Crippen LogP contribution is -2.20. The van der Waals surface area contributed by atoms with Gasteiger partial charge in [-0.1, -0.05) is 53.4 Å². The first-order valence-corrected chi connectivity index (χ1v) is 9.38. The molecule has 0 saturated carbocycles. The molecule has 0 radical (unpaired) electrons. The summed E-state index contributed by atoms with van der Waals surface area (Å²) in [4.78, 5) is 23.2. The van der Waals surface area contributed by atoms with E-state index in [-0.39, 0.29) is 11.9 Å². The zero-order chi connectivity index (χ0) is 17.5. The first-order valence-electron chi connectivity index (χ1n) is 9.38. The number of rotatable bonds is 14. The lowest BCUT2D eigenvalue weighted by atomic mass is 9.92. The van der Waals surface area contributed by atoms with E-state index in [1.54, 1.807) is 0 Å². The van der Waals surface area contributed by atoms with Crippen LogP contribution in [0.25, 0.3) is 0 Å². The minimum Gasteiger partial charge on any atom is -0.465 e. The fraction of sp³-hybridized carbons (Fsp3) is 0.895. The monoisotopic (exact) mass is 328 g/mol. The zero-order valence-corrected chi connectivity index (χ0v) is 15.6. The van der Waals surface area contributed by atoms with Gasteiger partial charge >= 0.3 is 11.9 Å². The Morgan fingerprint density at radius 2 is 1.13 bits per heavy atom. The van der Waals surface area contributed by atoms with E-state index in [1.807, 2.05) is 0 Å². The Balaban J connectivity index is 4.09. The summed E-state index contributed by atoms with van der Waals surface area (Å²) in [5.41, 5.74) is 0. The molecule has 0 aromatic carbocycles. The molecule has 0 N–H and O–H groups in total. The van der Waals surface area contributed by atoms with Gasteiger partial charge in [0.2, 0.25) is 0 Å². The Kier molecular flexibility index (Phi) is 13.9. The molecular weight excluding hydrogens is 292 g/mol. The molecule has 4 heteroatoms. The fourth-order valence-corrected chi connectivity index (χ4v) is 2.38. The second kappa shape index (κ2) is 14.5. The Hall–Kier alpha value is -1.06. The third-order valence-corrected chi connectivity index (χ3v) is 4.25. The van der Waals surface area contributed by atoms with Crippen LogP contribution in [0.2, 0.25) is 0 Å². The third kappa shape index (κ3) is 12.1. The number of unbranched alkanes of at least 4 members (excludes halogenated alkanes) is 2. The van der Waals surface area contributed by atoms with Crippen LogP contribution in [-0.2, 0) is 19.1 Å². The van der Waals surface area contributed by atoms with E-state index < -0.39 is 0 Å². The zero-order valence-electron chi connectivity index (χ0n) is 15.6. The summed E-state index contributed by atoms with van der Waals surface area (Å²) >= 11 is 0. The van der Waals surface area contributed by atoms with Crippen molar-refractivity contribution in [3.8, 4) is 0 Å². The molecule has 0 heterocycles. The van der Waals surface area contributed by atoms with Gasteiger partial charge in [0.1, 0.15) is 0 Å². The van der Waals surface area contributed by atoms with Gasteiger partial charge in [-0.05, 0) is 31.1 Å². The van der Waals surface area contributed by atoms with Gasteiger partial charge in [0, 0.05) is 12.8 Å². The van der Waals surface area contributed by atoms with Crippen molar-refractivity contribution in [2.24, 2.45) is 11.8 Å². The first-order chi connectivity index (χ1) is 11.1. The summed E-state index contributed by atoms with van der Waals surface area (Å²) in [7, 11) is 0. The molecule has 2 atom stereocenters. The smallest absolute Gasteiger partial charge is 0.305 e. The maximum absolute atomic E-state index is 11.6. The molecule has 0 aliphatic rings. The summed E-state index contributed by atoms with van der Waals surface area (Å²) < 4.78 is 10.7. The van der Waals surface area contributed by atoms with Crippen molar-refractivity contribution in [1.82, 2.24) is 0 Å². The van der Waals surface area contributed by atoms with E-state index >= 15 is 0 Å². The van der Waals surface area contributed by atoms with Crippen LogP contribution >= 0.6 is 0 Å². The van der Waals surface area contributed by atoms with Gasteiger partial charge in [0.15, 0.2) is 0 Å². The summed E-state index contributed by atoms with van der Waals surface area (Å²) in [5, 5.41) is 0. The highest BCUT2D eigenvalue weighted by Gasteiger charge is 2.17. The largest absolute Gasteiger partial charge is 0.465 e. The maximum Gasteiger partial charge on any atom is 0.305 e. The second-order valence-corrected chi connectivity index (χ2v) is 6.36. The predicted octanol–water partition coefficient (Wildman–Crippen LogP) is 4.90. The van der Waals surface area contributed by atoms with Crippen LogP contribution in [0, 0.1) is 11.8 Å². The standard InChI is InChI=1S/C19H36O4/c1-5-9-11-18(20)22-14-16(7-3)13-17(8-4)15-23-19(21)12-10-6-2/h16-17H,5-15H2,1-4H3. The normalized spacial score (nSPS) is 13.4. The lowest BCUT2D eigenvalue weighted by Gasteiger charge is -2.21. The summed E-state index contributed by atoms with van der Waals surface area (Å²) in [5.74, 6) is 0.508. The molecule has 0 aromatic heterocycles. The highest BCUT2D eigenvalue weighted by atomic mass is 16.5. The minimum absolute atomic E-state index is 0.0932.